The van der Waals surface area contributed by atoms with Crippen LogP contribution in [0.25, 0.3) is 0 Å². The Hall–Kier alpha value is -0.810. The number of aliphatic imine (C=N–C) groups is 1. The Balaban J connectivity index is 2.46. The number of nitrogens with zero attached hydrogens (tertiary/aromatic N) is 2. The molecule has 0 amide bonds. The fraction of sp³-hybridized carbons (Fsp3) is 0.944. The number of hydrogen-bond donors (Lipinski definition) is 2. The van der Waals surface area contributed by atoms with Gasteiger partial charge in [-0.05, 0) is 44.2 Å². The molecule has 23 heavy (non-hydrogen) atoms. The maximum Gasteiger partial charge on any atom is 0.191 e. The first kappa shape index (κ1) is 20.2. The van der Waals surface area contributed by atoms with E-state index in [0.717, 1.165) is 38.6 Å². The van der Waals surface area contributed by atoms with Gasteiger partial charge >= 0.3 is 0 Å². The summed E-state index contributed by atoms with van der Waals surface area (Å²) in [6, 6.07) is 0. The molecule has 1 saturated carbocycles. The van der Waals surface area contributed by atoms with Crippen LogP contribution in [0.5, 0.6) is 0 Å². The highest BCUT2D eigenvalue weighted by molar-refractivity contribution is 5.79. The Labute approximate surface area is 143 Å². The molecule has 0 saturated heterocycles. The van der Waals surface area contributed by atoms with Crippen LogP contribution >= 0.6 is 0 Å². The van der Waals surface area contributed by atoms with Gasteiger partial charge in [-0.2, -0.15) is 0 Å². The predicted molar refractivity (Wildman–Crippen MR) is 99.1 cm³/mol. The summed E-state index contributed by atoms with van der Waals surface area (Å²) in [7, 11) is 7.89. The Morgan fingerprint density at radius 1 is 1.22 bits per heavy atom. The van der Waals surface area contributed by atoms with E-state index < -0.39 is 0 Å². The van der Waals surface area contributed by atoms with Crippen molar-refractivity contribution >= 4 is 5.96 Å². The third-order valence-electron chi connectivity index (χ3n) is 4.83. The Morgan fingerprint density at radius 3 is 2.39 bits per heavy atom. The zero-order valence-electron chi connectivity index (χ0n) is 16.2. The van der Waals surface area contributed by atoms with Crippen molar-refractivity contribution in [3.05, 3.63) is 0 Å². The van der Waals surface area contributed by atoms with E-state index in [-0.39, 0.29) is 5.41 Å². The highest BCUT2D eigenvalue weighted by Gasteiger charge is 2.33. The van der Waals surface area contributed by atoms with Crippen molar-refractivity contribution in [2.24, 2.45) is 15.8 Å². The van der Waals surface area contributed by atoms with Gasteiger partial charge in [-0.1, -0.05) is 26.7 Å². The van der Waals surface area contributed by atoms with Crippen LogP contribution < -0.4 is 10.6 Å². The van der Waals surface area contributed by atoms with Gasteiger partial charge in [0.15, 0.2) is 5.96 Å². The summed E-state index contributed by atoms with van der Waals surface area (Å²) in [6.45, 7) is 8.37. The van der Waals surface area contributed by atoms with Crippen molar-refractivity contribution < 1.29 is 4.74 Å². The summed E-state index contributed by atoms with van der Waals surface area (Å²) in [5.41, 5.74) is 0.592. The second kappa shape index (κ2) is 9.48. The Morgan fingerprint density at radius 2 is 1.87 bits per heavy atom. The minimum absolute atomic E-state index is 0.211. The molecule has 0 aromatic rings. The van der Waals surface area contributed by atoms with Crippen LogP contribution in [0, 0.1) is 10.8 Å². The molecule has 0 heterocycles. The van der Waals surface area contributed by atoms with Gasteiger partial charge in [0, 0.05) is 40.4 Å². The Bertz CT molecular complexity index is 360. The van der Waals surface area contributed by atoms with Crippen LogP contribution in [-0.4, -0.2) is 65.4 Å². The quantitative estimate of drug-likeness (QED) is 0.504. The van der Waals surface area contributed by atoms with Crippen LogP contribution in [-0.2, 0) is 4.74 Å². The summed E-state index contributed by atoms with van der Waals surface area (Å²) in [4.78, 5) is 6.62. The number of rotatable bonds is 9. The van der Waals surface area contributed by atoms with Crippen molar-refractivity contribution in [2.45, 2.75) is 46.0 Å². The number of nitrogens with one attached hydrogen (secondary N) is 2. The first-order valence-corrected chi connectivity index (χ1v) is 8.91. The van der Waals surface area contributed by atoms with Crippen molar-refractivity contribution in [1.82, 2.24) is 15.5 Å². The summed E-state index contributed by atoms with van der Waals surface area (Å²) < 4.78 is 5.31. The Kier molecular flexibility index (Phi) is 8.34. The molecule has 0 atom stereocenters. The summed E-state index contributed by atoms with van der Waals surface area (Å²) in [5.74, 6) is 0.917. The molecule has 1 aliphatic rings. The lowest BCUT2D eigenvalue weighted by atomic mass is 9.83. The number of methoxy groups -OCH3 is 1. The van der Waals surface area contributed by atoms with Gasteiger partial charge in [0.05, 0.1) is 0 Å². The molecule has 0 radical (unpaired) electrons. The summed E-state index contributed by atoms with van der Waals surface area (Å²) in [5, 5.41) is 7.05. The van der Waals surface area contributed by atoms with Gasteiger partial charge in [0.2, 0.25) is 0 Å². The molecule has 1 rings (SSSR count). The van der Waals surface area contributed by atoms with E-state index in [2.05, 4.69) is 48.5 Å². The van der Waals surface area contributed by atoms with Crippen LogP contribution in [0.15, 0.2) is 4.99 Å². The molecule has 0 aliphatic heterocycles. The second-order valence-electron chi connectivity index (χ2n) is 8.13. The molecule has 1 fully saturated rings. The molecule has 1 aliphatic carbocycles. The maximum atomic E-state index is 5.31. The fourth-order valence-corrected chi connectivity index (χ4v) is 3.69. The van der Waals surface area contributed by atoms with E-state index >= 15 is 0 Å². The molecule has 5 heteroatoms. The molecular formula is C18H38N4O. The van der Waals surface area contributed by atoms with Crippen LogP contribution in [0.4, 0.5) is 0 Å². The average Bonchev–Trinajstić information content (AvgIpc) is 2.93. The SMILES string of the molecule is CN=C(NCC(C)(C)CN(C)C)NCC1(CCOC)CCCC1. The lowest BCUT2D eigenvalue weighted by molar-refractivity contribution is 0.138. The van der Waals surface area contributed by atoms with Gasteiger partial charge in [0.1, 0.15) is 0 Å². The van der Waals surface area contributed by atoms with Crippen LogP contribution in [0.1, 0.15) is 46.0 Å². The lowest BCUT2D eigenvalue weighted by Crippen LogP contribution is -2.47. The van der Waals surface area contributed by atoms with E-state index in [9.17, 15) is 0 Å². The zero-order valence-corrected chi connectivity index (χ0v) is 16.2. The number of hydrogen-bond acceptors (Lipinski definition) is 3. The van der Waals surface area contributed by atoms with E-state index in [0.29, 0.717) is 5.41 Å². The van der Waals surface area contributed by atoms with Crippen molar-refractivity contribution in [1.29, 1.82) is 0 Å². The third kappa shape index (κ3) is 7.53. The number of guanidine groups is 1. The van der Waals surface area contributed by atoms with Gasteiger partial charge in [0.25, 0.3) is 0 Å². The van der Waals surface area contributed by atoms with E-state index in [1.54, 1.807) is 7.11 Å². The second-order valence-corrected chi connectivity index (χ2v) is 8.13. The molecule has 0 aromatic heterocycles. The average molecular weight is 327 g/mol. The number of ether oxygens (including phenoxy) is 1. The predicted octanol–water partition coefficient (Wildman–Crippen LogP) is 2.34. The van der Waals surface area contributed by atoms with Gasteiger partial charge in [-0.15, -0.1) is 0 Å². The lowest BCUT2D eigenvalue weighted by Gasteiger charge is -2.32. The van der Waals surface area contributed by atoms with E-state index in [1.807, 2.05) is 7.05 Å². The largest absolute Gasteiger partial charge is 0.385 e. The molecule has 0 unspecified atom stereocenters. The van der Waals surface area contributed by atoms with E-state index in [4.69, 9.17) is 4.74 Å². The normalized spacial score (nSPS) is 18.5. The molecule has 0 spiro atoms. The van der Waals surface area contributed by atoms with Crippen molar-refractivity contribution in [3.63, 3.8) is 0 Å². The van der Waals surface area contributed by atoms with Gasteiger partial charge in [-0.3, -0.25) is 4.99 Å². The molecular weight excluding hydrogens is 288 g/mol. The molecule has 0 bridgehead atoms. The third-order valence-corrected chi connectivity index (χ3v) is 4.83. The summed E-state index contributed by atoms with van der Waals surface area (Å²) in [6.07, 6.45) is 6.42. The smallest absolute Gasteiger partial charge is 0.191 e. The fourth-order valence-electron chi connectivity index (χ4n) is 3.69. The maximum absolute atomic E-state index is 5.31. The van der Waals surface area contributed by atoms with Crippen molar-refractivity contribution in [2.75, 3.05) is 54.5 Å². The standard InChI is InChI=1S/C18H38N4O/c1-17(2,15-22(4)5)13-20-16(19-3)21-14-18(11-12-23-6)9-7-8-10-18/h7-15H2,1-6H3,(H2,19,20,21). The molecule has 5 nitrogen and oxygen atoms in total. The highest BCUT2D eigenvalue weighted by atomic mass is 16.5. The van der Waals surface area contributed by atoms with Crippen LogP contribution in [0.2, 0.25) is 0 Å². The van der Waals surface area contributed by atoms with E-state index in [1.165, 1.54) is 25.7 Å². The highest BCUT2D eigenvalue weighted by Crippen LogP contribution is 2.40. The first-order chi connectivity index (χ1) is 10.8. The van der Waals surface area contributed by atoms with Gasteiger partial charge < -0.3 is 20.3 Å². The molecule has 136 valence electrons. The van der Waals surface area contributed by atoms with Crippen LogP contribution in [0.3, 0.4) is 0 Å². The first-order valence-electron chi connectivity index (χ1n) is 8.91. The minimum Gasteiger partial charge on any atom is -0.385 e. The minimum atomic E-state index is 0.211. The topological polar surface area (TPSA) is 48.9 Å². The molecule has 2 N–H and O–H groups in total. The summed E-state index contributed by atoms with van der Waals surface area (Å²) >= 11 is 0. The van der Waals surface area contributed by atoms with Gasteiger partial charge in [-0.25, -0.2) is 0 Å². The zero-order chi connectivity index (χ0) is 17.3. The van der Waals surface area contributed by atoms with Crippen molar-refractivity contribution in [3.8, 4) is 0 Å². The molecule has 0 aromatic carbocycles. The monoisotopic (exact) mass is 326 g/mol.